The molecule has 0 spiro atoms. The van der Waals surface area contributed by atoms with E-state index in [1.807, 2.05) is 42.8 Å². The van der Waals surface area contributed by atoms with Crippen molar-refractivity contribution in [3.05, 3.63) is 41.4 Å². The van der Waals surface area contributed by atoms with Crippen LogP contribution in [0.4, 0.5) is 10.8 Å². The normalized spacial score (nSPS) is 10.1. The number of carbonyl (C=O) groups is 1. The molecule has 2 rings (SSSR count). The molecule has 18 heavy (non-hydrogen) atoms. The molecular weight excluding hydrogens is 246 g/mol. The fraction of sp³-hybridized carbons (Fsp3) is 0.231. The SMILES string of the molecule is CNc1nc(CC(=O)N(C)c2ccccc2)cs1. The monoisotopic (exact) mass is 261 g/mol. The molecule has 5 heteroatoms. The molecule has 1 amide bonds. The van der Waals surface area contributed by atoms with Crippen LogP contribution in [0.3, 0.4) is 0 Å². The number of amides is 1. The Kier molecular flexibility index (Phi) is 3.94. The molecule has 0 saturated heterocycles. The molecule has 0 aliphatic carbocycles. The van der Waals surface area contributed by atoms with E-state index in [0.717, 1.165) is 16.5 Å². The van der Waals surface area contributed by atoms with Gasteiger partial charge in [0.15, 0.2) is 5.13 Å². The average Bonchev–Trinajstić information content (AvgIpc) is 2.86. The summed E-state index contributed by atoms with van der Waals surface area (Å²) in [6.45, 7) is 0. The van der Waals surface area contributed by atoms with Gasteiger partial charge in [-0.2, -0.15) is 0 Å². The highest BCUT2D eigenvalue weighted by Gasteiger charge is 2.13. The van der Waals surface area contributed by atoms with E-state index in [-0.39, 0.29) is 5.91 Å². The Morgan fingerprint density at radius 1 is 1.39 bits per heavy atom. The first-order chi connectivity index (χ1) is 8.70. The molecule has 1 aromatic heterocycles. The number of likely N-dealkylation sites (N-methyl/N-ethyl adjacent to an activating group) is 1. The lowest BCUT2D eigenvalue weighted by Crippen LogP contribution is -2.27. The van der Waals surface area contributed by atoms with E-state index in [2.05, 4.69) is 10.3 Å². The standard InChI is InChI=1S/C13H15N3OS/c1-14-13-15-10(9-18-13)8-12(17)16(2)11-6-4-3-5-7-11/h3-7,9H,8H2,1-2H3,(H,14,15). The van der Waals surface area contributed by atoms with Crippen molar-refractivity contribution in [2.45, 2.75) is 6.42 Å². The maximum Gasteiger partial charge on any atom is 0.232 e. The van der Waals surface area contributed by atoms with Gasteiger partial charge in [-0.1, -0.05) is 18.2 Å². The van der Waals surface area contributed by atoms with Crippen LogP contribution in [0.25, 0.3) is 0 Å². The molecule has 0 atom stereocenters. The number of hydrogen-bond donors (Lipinski definition) is 1. The fourth-order valence-electron chi connectivity index (χ4n) is 1.57. The molecule has 0 radical (unpaired) electrons. The van der Waals surface area contributed by atoms with Crippen molar-refractivity contribution in [3.63, 3.8) is 0 Å². The Balaban J connectivity index is 2.04. The number of benzene rings is 1. The summed E-state index contributed by atoms with van der Waals surface area (Å²) in [6, 6.07) is 9.60. The third-order valence-electron chi connectivity index (χ3n) is 2.62. The zero-order valence-electron chi connectivity index (χ0n) is 10.4. The van der Waals surface area contributed by atoms with Crippen molar-refractivity contribution >= 4 is 28.1 Å². The molecule has 0 saturated carbocycles. The third kappa shape index (κ3) is 2.87. The van der Waals surface area contributed by atoms with E-state index >= 15 is 0 Å². The quantitative estimate of drug-likeness (QED) is 0.919. The zero-order chi connectivity index (χ0) is 13.0. The van der Waals surface area contributed by atoms with Gasteiger partial charge in [-0.25, -0.2) is 4.98 Å². The van der Waals surface area contributed by atoms with Crippen LogP contribution in [0.2, 0.25) is 0 Å². The van der Waals surface area contributed by atoms with Gasteiger partial charge in [0.25, 0.3) is 0 Å². The van der Waals surface area contributed by atoms with E-state index in [0.29, 0.717) is 6.42 Å². The minimum atomic E-state index is 0.0363. The number of nitrogens with zero attached hydrogens (tertiary/aromatic N) is 2. The van der Waals surface area contributed by atoms with Crippen LogP contribution >= 0.6 is 11.3 Å². The number of anilines is 2. The molecule has 0 aliphatic heterocycles. The molecular formula is C13H15N3OS. The second kappa shape index (κ2) is 5.64. The van der Waals surface area contributed by atoms with Crippen LogP contribution in [0.15, 0.2) is 35.7 Å². The van der Waals surface area contributed by atoms with Crippen LogP contribution in [0.5, 0.6) is 0 Å². The summed E-state index contributed by atoms with van der Waals surface area (Å²) in [6.07, 6.45) is 0.323. The smallest absolute Gasteiger partial charge is 0.232 e. The summed E-state index contributed by atoms with van der Waals surface area (Å²) in [5, 5.41) is 5.70. The van der Waals surface area contributed by atoms with Gasteiger partial charge in [0.2, 0.25) is 5.91 Å². The molecule has 0 fully saturated rings. The molecule has 0 aliphatic rings. The highest BCUT2D eigenvalue weighted by atomic mass is 32.1. The second-order valence-electron chi connectivity index (χ2n) is 3.86. The number of rotatable bonds is 4. The number of carbonyl (C=O) groups excluding carboxylic acids is 1. The summed E-state index contributed by atoms with van der Waals surface area (Å²) in [7, 11) is 3.60. The molecule has 4 nitrogen and oxygen atoms in total. The van der Waals surface area contributed by atoms with E-state index in [4.69, 9.17) is 0 Å². The summed E-state index contributed by atoms with van der Waals surface area (Å²) in [4.78, 5) is 18.0. The van der Waals surface area contributed by atoms with Crippen LogP contribution < -0.4 is 10.2 Å². The van der Waals surface area contributed by atoms with Crippen molar-refractivity contribution in [2.75, 3.05) is 24.3 Å². The fourth-order valence-corrected chi connectivity index (χ4v) is 2.24. The number of thiazole rings is 1. The maximum atomic E-state index is 12.1. The highest BCUT2D eigenvalue weighted by molar-refractivity contribution is 7.13. The number of nitrogens with one attached hydrogen (secondary N) is 1. The Hall–Kier alpha value is -1.88. The topological polar surface area (TPSA) is 45.2 Å². The van der Waals surface area contributed by atoms with E-state index in [1.165, 1.54) is 11.3 Å². The van der Waals surface area contributed by atoms with Gasteiger partial charge < -0.3 is 10.2 Å². The largest absolute Gasteiger partial charge is 0.365 e. The van der Waals surface area contributed by atoms with Crippen molar-refractivity contribution in [1.29, 1.82) is 0 Å². The zero-order valence-corrected chi connectivity index (χ0v) is 11.2. The first-order valence-electron chi connectivity index (χ1n) is 5.64. The van der Waals surface area contributed by atoms with Crippen molar-refractivity contribution in [2.24, 2.45) is 0 Å². The van der Waals surface area contributed by atoms with E-state index in [9.17, 15) is 4.79 Å². The number of aromatic nitrogens is 1. The summed E-state index contributed by atoms with van der Waals surface area (Å²) < 4.78 is 0. The summed E-state index contributed by atoms with van der Waals surface area (Å²) in [5.74, 6) is 0.0363. The minimum absolute atomic E-state index is 0.0363. The van der Waals surface area contributed by atoms with Crippen LogP contribution in [-0.2, 0) is 11.2 Å². The van der Waals surface area contributed by atoms with Crippen LogP contribution in [-0.4, -0.2) is 25.0 Å². The minimum Gasteiger partial charge on any atom is -0.365 e. The summed E-state index contributed by atoms with van der Waals surface area (Å²) >= 11 is 1.51. The van der Waals surface area contributed by atoms with Crippen molar-refractivity contribution in [3.8, 4) is 0 Å². The lowest BCUT2D eigenvalue weighted by Gasteiger charge is -2.16. The van der Waals surface area contributed by atoms with Crippen LogP contribution in [0, 0.1) is 0 Å². The van der Waals surface area contributed by atoms with Gasteiger partial charge in [0.05, 0.1) is 12.1 Å². The number of para-hydroxylation sites is 1. The van der Waals surface area contributed by atoms with E-state index in [1.54, 1.807) is 11.9 Å². The second-order valence-corrected chi connectivity index (χ2v) is 4.72. The highest BCUT2D eigenvalue weighted by Crippen LogP contribution is 2.17. The Bertz CT molecular complexity index is 524. The summed E-state index contributed by atoms with van der Waals surface area (Å²) in [5.41, 5.74) is 1.70. The Morgan fingerprint density at radius 3 is 2.72 bits per heavy atom. The predicted octanol–water partition coefficient (Wildman–Crippen LogP) is 2.39. The Morgan fingerprint density at radius 2 is 2.11 bits per heavy atom. The lowest BCUT2D eigenvalue weighted by molar-refractivity contribution is -0.117. The average molecular weight is 261 g/mol. The van der Waals surface area contributed by atoms with Gasteiger partial charge in [-0.05, 0) is 12.1 Å². The predicted molar refractivity (Wildman–Crippen MR) is 75.2 cm³/mol. The van der Waals surface area contributed by atoms with Gasteiger partial charge in [-0.15, -0.1) is 11.3 Å². The number of hydrogen-bond acceptors (Lipinski definition) is 4. The lowest BCUT2D eigenvalue weighted by atomic mass is 10.2. The van der Waals surface area contributed by atoms with Gasteiger partial charge in [-0.3, -0.25) is 4.79 Å². The molecule has 94 valence electrons. The van der Waals surface area contributed by atoms with Gasteiger partial charge >= 0.3 is 0 Å². The first kappa shape index (κ1) is 12.6. The third-order valence-corrected chi connectivity index (χ3v) is 3.52. The molecule has 2 aromatic rings. The molecule has 1 aromatic carbocycles. The van der Waals surface area contributed by atoms with Crippen molar-refractivity contribution in [1.82, 2.24) is 4.98 Å². The van der Waals surface area contributed by atoms with Crippen LogP contribution in [0.1, 0.15) is 5.69 Å². The first-order valence-corrected chi connectivity index (χ1v) is 6.52. The van der Waals surface area contributed by atoms with Crippen molar-refractivity contribution < 1.29 is 4.79 Å². The molecule has 0 bridgehead atoms. The van der Waals surface area contributed by atoms with E-state index < -0.39 is 0 Å². The Labute approximate surface area is 110 Å². The maximum absolute atomic E-state index is 12.1. The van der Waals surface area contributed by atoms with Gasteiger partial charge in [0.1, 0.15) is 0 Å². The van der Waals surface area contributed by atoms with Gasteiger partial charge in [0, 0.05) is 25.2 Å². The molecule has 1 heterocycles. The molecule has 1 N–H and O–H groups in total. The molecule has 0 unspecified atom stereocenters.